The van der Waals surface area contributed by atoms with Crippen LogP contribution in [0.2, 0.25) is 0 Å². The average molecular weight is 366 g/mol. The molecule has 2 aromatic carbocycles. The quantitative estimate of drug-likeness (QED) is 0.585. The molecule has 2 aromatic rings. The van der Waals surface area contributed by atoms with Crippen molar-refractivity contribution in [2.24, 2.45) is 0 Å². The van der Waals surface area contributed by atoms with Crippen LogP contribution in [0, 0.1) is 13.8 Å². The first kappa shape index (κ1) is 18.7. The Morgan fingerprint density at radius 3 is 2.70 bits per heavy atom. The Kier molecular flexibility index (Phi) is 5.31. The van der Waals surface area contributed by atoms with Crippen LogP contribution in [0.15, 0.2) is 42.2 Å². The van der Waals surface area contributed by atoms with E-state index in [2.05, 4.69) is 0 Å². The molecule has 0 fully saturated rings. The maximum atomic E-state index is 12.7. The van der Waals surface area contributed by atoms with Crippen LogP contribution in [0.1, 0.15) is 40.9 Å². The number of carbonyl (C=O) groups excluding carboxylic acids is 2. The van der Waals surface area contributed by atoms with Crippen molar-refractivity contribution < 1.29 is 23.8 Å². The summed E-state index contributed by atoms with van der Waals surface area (Å²) in [4.78, 5) is 24.4. The molecule has 0 bridgehead atoms. The van der Waals surface area contributed by atoms with Gasteiger partial charge in [0.05, 0.1) is 12.2 Å². The van der Waals surface area contributed by atoms with Gasteiger partial charge < -0.3 is 14.2 Å². The van der Waals surface area contributed by atoms with Gasteiger partial charge in [-0.3, -0.25) is 4.79 Å². The summed E-state index contributed by atoms with van der Waals surface area (Å²) in [6.45, 7) is 7.45. The predicted octanol–water partition coefficient (Wildman–Crippen LogP) is 4.25. The summed E-state index contributed by atoms with van der Waals surface area (Å²) in [7, 11) is 0. The highest BCUT2D eigenvalue weighted by Gasteiger charge is 2.30. The molecule has 0 saturated heterocycles. The summed E-state index contributed by atoms with van der Waals surface area (Å²) in [5, 5.41) is 0. The zero-order valence-electron chi connectivity index (χ0n) is 15.9. The number of hydrogen-bond acceptors (Lipinski definition) is 5. The van der Waals surface area contributed by atoms with Crippen LogP contribution in [-0.2, 0) is 9.53 Å². The molecular formula is C22H22O5. The van der Waals surface area contributed by atoms with E-state index in [1.165, 1.54) is 0 Å². The molecule has 0 aliphatic carbocycles. The minimum atomic E-state index is -0.749. The van der Waals surface area contributed by atoms with Crippen LogP contribution in [-0.4, -0.2) is 24.5 Å². The topological polar surface area (TPSA) is 61.8 Å². The van der Waals surface area contributed by atoms with Crippen LogP contribution in [0.25, 0.3) is 6.08 Å². The summed E-state index contributed by atoms with van der Waals surface area (Å²) < 4.78 is 16.5. The van der Waals surface area contributed by atoms with Crippen molar-refractivity contribution in [1.82, 2.24) is 0 Å². The molecule has 0 saturated carbocycles. The average Bonchev–Trinajstić information content (AvgIpc) is 2.94. The van der Waals surface area contributed by atoms with Crippen molar-refractivity contribution in [3.63, 3.8) is 0 Å². The van der Waals surface area contributed by atoms with Crippen LogP contribution in [0.3, 0.4) is 0 Å². The lowest BCUT2D eigenvalue weighted by Crippen LogP contribution is -2.26. The number of carbonyl (C=O) groups is 2. The Labute approximate surface area is 158 Å². The summed E-state index contributed by atoms with van der Waals surface area (Å²) in [5.41, 5.74) is 3.16. The largest absolute Gasteiger partial charge is 0.479 e. The molecule has 5 heteroatoms. The molecule has 0 radical (unpaired) electrons. The van der Waals surface area contributed by atoms with Gasteiger partial charge in [-0.1, -0.05) is 29.8 Å². The fourth-order valence-corrected chi connectivity index (χ4v) is 2.91. The lowest BCUT2D eigenvalue weighted by molar-refractivity contribution is -0.150. The van der Waals surface area contributed by atoms with Gasteiger partial charge in [-0.25, -0.2) is 4.79 Å². The number of fused-ring (bicyclic) bond motifs is 1. The molecule has 0 amide bonds. The Morgan fingerprint density at radius 2 is 2.00 bits per heavy atom. The molecule has 5 nitrogen and oxygen atoms in total. The van der Waals surface area contributed by atoms with E-state index in [1.54, 1.807) is 39.0 Å². The van der Waals surface area contributed by atoms with E-state index in [-0.39, 0.29) is 11.5 Å². The number of aryl methyl sites for hydroxylation is 1. The van der Waals surface area contributed by atoms with Crippen LogP contribution >= 0.6 is 0 Å². The SMILES string of the molecule is CCOC(=O)C(C)Oc1ccc2c(c1C)O/C(=C\c1cccc(C)c1)C2=O. The number of rotatable bonds is 5. The third kappa shape index (κ3) is 3.87. The Bertz CT molecular complexity index is 926. The number of Topliss-reactive ketones (excluding diaryl/α,β-unsaturated/α-hetero) is 1. The number of hydrogen-bond donors (Lipinski definition) is 0. The van der Waals surface area contributed by atoms with Crippen molar-refractivity contribution in [2.75, 3.05) is 6.61 Å². The minimum Gasteiger partial charge on any atom is -0.479 e. The molecule has 3 rings (SSSR count). The summed E-state index contributed by atoms with van der Waals surface area (Å²) in [5.74, 6) is 0.620. The van der Waals surface area contributed by atoms with Gasteiger partial charge >= 0.3 is 5.97 Å². The van der Waals surface area contributed by atoms with Gasteiger partial charge in [0, 0.05) is 5.56 Å². The molecule has 140 valence electrons. The van der Waals surface area contributed by atoms with Crippen molar-refractivity contribution in [1.29, 1.82) is 0 Å². The molecule has 0 spiro atoms. The predicted molar refractivity (Wildman–Crippen MR) is 102 cm³/mol. The second kappa shape index (κ2) is 7.66. The Balaban J connectivity index is 1.86. The van der Waals surface area contributed by atoms with Crippen molar-refractivity contribution >= 4 is 17.8 Å². The zero-order chi connectivity index (χ0) is 19.6. The second-order valence-corrected chi connectivity index (χ2v) is 6.43. The molecule has 1 heterocycles. The third-order valence-corrected chi connectivity index (χ3v) is 4.30. The van der Waals surface area contributed by atoms with E-state index >= 15 is 0 Å². The van der Waals surface area contributed by atoms with Crippen molar-refractivity contribution in [3.05, 3.63) is 64.4 Å². The van der Waals surface area contributed by atoms with Gasteiger partial charge in [0.1, 0.15) is 11.5 Å². The maximum Gasteiger partial charge on any atom is 0.347 e. The Hall–Kier alpha value is -3.08. The molecule has 1 unspecified atom stereocenters. The smallest absolute Gasteiger partial charge is 0.347 e. The lowest BCUT2D eigenvalue weighted by atomic mass is 10.1. The molecule has 0 N–H and O–H groups in total. The zero-order valence-corrected chi connectivity index (χ0v) is 15.9. The molecule has 27 heavy (non-hydrogen) atoms. The third-order valence-electron chi connectivity index (χ3n) is 4.30. The van der Waals surface area contributed by atoms with E-state index in [4.69, 9.17) is 14.2 Å². The van der Waals surface area contributed by atoms with Crippen LogP contribution in [0.4, 0.5) is 0 Å². The first-order chi connectivity index (χ1) is 12.9. The Morgan fingerprint density at radius 1 is 1.22 bits per heavy atom. The first-order valence-electron chi connectivity index (χ1n) is 8.88. The molecule has 0 aromatic heterocycles. The summed E-state index contributed by atoms with van der Waals surface area (Å²) in [6.07, 6.45) is 0.984. The summed E-state index contributed by atoms with van der Waals surface area (Å²) in [6, 6.07) is 11.2. The van der Waals surface area contributed by atoms with Crippen molar-refractivity contribution in [2.45, 2.75) is 33.8 Å². The number of ketones is 1. The number of ether oxygens (including phenoxy) is 3. The molecular weight excluding hydrogens is 344 g/mol. The first-order valence-corrected chi connectivity index (χ1v) is 8.88. The van der Waals surface area contributed by atoms with Crippen LogP contribution < -0.4 is 9.47 Å². The van der Waals surface area contributed by atoms with E-state index in [9.17, 15) is 9.59 Å². The number of allylic oxidation sites excluding steroid dienone is 1. The van der Waals surface area contributed by atoms with E-state index in [0.717, 1.165) is 11.1 Å². The van der Waals surface area contributed by atoms with E-state index in [0.29, 0.717) is 29.2 Å². The van der Waals surface area contributed by atoms with E-state index < -0.39 is 12.1 Å². The number of benzene rings is 2. The molecule has 1 aliphatic heterocycles. The highest BCUT2D eigenvalue weighted by atomic mass is 16.6. The second-order valence-electron chi connectivity index (χ2n) is 6.43. The lowest BCUT2D eigenvalue weighted by Gasteiger charge is -2.16. The van der Waals surface area contributed by atoms with Crippen LogP contribution in [0.5, 0.6) is 11.5 Å². The van der Waals surface area contributed by atoms with Gasteiger partial charge in [-0.15, -0.1) is 0 Å². The molecule has 1 atom stereocenters. The van der Waals surface area contributed by atoms with Gasteiger partial charge in [-0.05, 0) is 51.5 Å². The highest BCUT2D eigenvalue weighted by molar-refractivity contribution is 6.15. The fourth-order valence-electron chi connectivity index (χ4n) is 2.91. The van der Waals surface area contributed by atoms with E-state index in [1.807, 2.05) is 31.2 Å². The molecule has 1 aliphatic rings. The van der Waals surface area contributed by atoms with Gasteiger partial charge in [0.25, 0.3) is 0 Å². The minimum absolute atomic E-state index is 0.167. The van der Waals surface area contributed by atoms with Crippen molar-refractivity contribution in [3.8, 4) is 11.5 Å². The van der Waals surface area contributed by atoms with Gasteiger partial charge in [0.2, 0.25) is 5.78 Å². The summed E-state index contributed by atoms with van der Waals surface area (Å²) >= 11 is 0. The van der Waals surface area contributed by atoms with Gasteiger partial charge in [-0.2, -0.15) is 0 Å². The monoisotopic (exact) mass is 366 g/mol. The highest BCUT2D eigenvalue weighted by Crippen LogP contribution is 2.39. The normalized spacial score (nSPS) is 15.3. The standard InChI is InChI=1S/C22H22O5/c1-5-25-22(24)15(4)26-18-10-9-17-20(23)19(27-21(17)14(18)3)12-16-8-6-7-13(2)11-16/h6-12,15H,5H2,1-4H3/b19-12-. The maximum absolute atomic E-state index is 12.7. The van der Waals surface area contributed by atoms with Gasteiger partial charge in [0.15, 0.2) is 11.9 Å². The fraction of sp³-hybridized carbons (Fsp3) is 0.273. The number of esters is 1.